The van der Waals surface area contributed by atoms with E-state index in [4.69, 9.17) is 9.47 Å². The Labute approximate surface area is 122 Å². The van der Waals surface area contributed by atoms with Crippen molar-refractivity contribution in [3.05, 3.63) is 21.4 Å². The monoisotopic (exact) mass is 294 g/mol. The Morgan fingerprint density at radius 3 is 2.90 bits per heavy atom. The number of esters is 2. The van der Waals surface area contributed by atoms with Crippen molar-refractivity contribution < 1.29 is 19.1 Å². The van der Waals surface area contributed by atoms with E-state index in [1.54, 1.807) is 6.92 Å². The van der Waals surface area contributed by atoms with Crippen LogP contribution < -0.4 is 0 Å². The van der Waals surface area contributed by atoms with Crippen LogP contribution in [0.25, 0.3) is 0 Å². The molecule has 0 spiro atoms. The van der Waals surface area contributed by atoms with E-state index < -0.39 is 12.1 Å². The Bertz CT molecular complexity index is 510. The predicted octanol–water partition coefficient (Wildman–Crippen LogP) is 2.88. The first-order valence-corrected chi connectivity index (χ1v) is 7.98. The average Bonchev–Trinajstić information content (AvgIpc) is 2.86. The highest BCUT2D eigenvalue weighted by atomic mass is 32.1. The van der Waals surface area contributed by atoms with E-state index in [9.17, 15) is 9.59 Å². The summed E-state index contributed by atoms with van der Waals surface area (Å²) in [6, 6.07) is 1.94. The summed E-state index contributed by atoms with van der Waals surface area (Å²) in [5.74, 6) is -0.817. The molecule has 1 aliphatic carbocycles. The van der Waals surface area contributed by atoms with Crippen molar-refractivity contribution in [2.75, 3.05) is 0 Å². The number of thiophene rings is 1. The average molecular weight is 294 g/mol. The first-order chi connectivity index (χ1) is 9.63. The van der Waals surface area contributed by atoms with E-state index >= 15 is 0 Å². The molecule has 0 amide bonds. The van der Waals surface area contributed by atoms with Crippen LogP contribution in [0.1, 0.15) is 52.7 Å². The minimum atomic E-state index is -0.737. The van der Waals surface area contributed by atoms with E-state index in [-0.39, 0.29) is 12.1 Å². The van der Waals surface area contributed by atoms with Crippen molar-refractivity contribution in [1.29, 1.82) is 0 Å². The van der Waals surface area contributed by atoms with Gasteiger partial charge in [0.15, 0.2) is 0 Å². The quantitative estimate of drug-likeness (QED) is 0.621. The summed E-state index contributed by atoms with van der Waals surface area (Å²) in [5.41, 5.74) is 1.28. The molecule has 2 unspecified atom stereocenters. The maximum atomic E-state index is 12.1. The molecule has 1 saturated heterocycles. The number of aryl methyl sites for hydroxylation is 2. The number of hydrogen-bond acceptors (Lipinski definition) is 5. The molecule has 2 heterocycles. The minimum Gasteiger partial charge on any atom is -0.460 e. The zero-order chi connectivity index (χ0) is 14.1. The van der Waals surface area contributed by atoms with Crippen molar-refractivity contribution in [3.63, 3.8) is 0 Å². The molecule has 0 N–H and O–H groups in total. The SMILES string of the molecule is CC1CC(OC(=O)c2cc3c(s2)CCCCC3)C(=O)O1. The second-order valence-electron chi connectivity index (χ2n) is 5.50. The summed E-state index contributed by atoms with van der Waals surface area (Å²) in [6.45, 7) is 1.80. The molecule has 1 aromatic heterocycles. The number of carbonyl (C=O) groups is 2. The zero-order valence-electron chi connectivity index (χ0n) is 11.5. The van der Waals surface area contributed by atoms with Gasteiger partial charge in [-0.1, -0.05) is 6.42 Å². The number of rotatable bonds is 2. The van der Waals surface area contributed by atoms with Gasteiger partial charge in [0.2, 0.25) is 6.10 Å². The topological polar surface area (TPSA) is 52.6 Å². The Kier molecular flexibility index (Phi) is 3.78. The van der Waals surface area contributed by atoms with Crippen molar-refractivity contribution in [1.82, 2.24) is 0 Å². The Balaban J connectivity index is 1.70. The summed E-state index contributed by atoms with van der Waals surface area (Å²) in [5, 5.41) is 0. The molecule has 0 aromatic carbocycles. The molecule has 3 rings (SSSR count). The Morgan fingerprint density at radius 1 is 1.35 bits per heavy atom. The summed E-state index contributed by atoms with van der Waals surface area (Å²) >= 11 is 1.52. The van der Waals surface area contributed by atoms with Crippen LogP contribution in [0.15, 0.2) is 6.07 Å². The standard InChI is InChI=1S/C15H18O4S/c1-9-7-11(14(16)18-9)19-15(17)13-8-10-5-3-2-4-6-12(10)20-13/h8-9,11H,2-7H2,1H3. The molecule has 20 heavy (non-hydrogen) atoms. The third-order valence-electron chi connectivity index (χ3n) is 3.82. The smallest absolute Gasteiger partial charge is 0.349 e. The molecular formula is C15H18O4S. The first-order valence-electron chi connectivity index (χ1n) is 7.16. The van der Waals surface area contributed by atoms with Gasteiger partial charge in [-0.3, -0.25) is 0 Å². The van der Waals surface area contributed by atoms with Crippen LogP contribution in [-0.4, -0.2) is 24.1 Å². The summed E-state index contributed by atoms with van der Waals surface area (Å²) < 4.78 is 10.3. The number of ether oxygens (including phenoxy) is 2. The van der Waals surface area contributed by atoms with Gasteiger partial charge in [0.25, 0.3) is 0 Å². The molecule has 1 aliphatic heterocycles. The van der Waals surface area contributed by atoms with Gasteiger partial charge in [-0.2, -0.15) is 0 Å². The van der Waals surface area contributed by atoms with Crippen LogP contribution in [-0.2, 0) is 27.1 Å². The van der Waals surface area contributed by atoms with Gasteiger partial charge in [0, 0.05) is 11.3 Å². The fourth-order valence-corrected chi connectivity index (χ4v) is 3.91. The maximum absolute atomic E-state index is 12.1. The Hall–Kier alpha value is -1.36. The van der Waals surface area contributed by atoms with E-state index in [1.165, 1.54) is 41.0 Å². The number of carbonyl (C=O) groups excluding carboxylic acids is 2. The van der Waals surface area contributed by atoms with Crippen LogP contribution in [0.4, 0.5) is 0 Å². The highest BCUT2D eigenvalue weighted by Crippen LogP contribution is 2.30. The van der Waals surface area contributed by atoms with E-state index in [1.807, 2.05) is 6.07 Å². The predicted molar refractivity (Wildman–Crippen MR) is 75.0 cm³/mol. The number of hydrogen-bond donors (Lipinski definition) is 0. The lowest BCUT2D eigenvalue weighted by Gasteiger charge is -2.06. The maximum Gasteiger partial charge on any atom is 0.349 e. The van der Waals surface area contributed by atoms with Gasteiger partial charge < -0.3 is 9.47 Å². The number of fused-ring (bicyclic) bond motifs is 1. The second-order valence-corrected chi connectivity index (χ2v) is 6.63. The third-order valence-corrected chi connectivity index (χ3v) is 5.04. The van der Waals surface area contributed by atoms with E-state index in [2.05, 4.69) is 0 Å². The van der Waals surface area contributed by atoms with Gasteiger partial charge in [-0.25, -0.2) is 9.59 Å². The molecular weight excluding hydrogens is 276 g/mol. The number of cyclic esters (lactones) is 1. The fourth-order valence-electron chi connectivity index (χ4n) is 2.77. The molecule has 1 fully saturated rings. The fraction of sp³-hybridized carbons (Fsp3) is 0.600. The summed E-state index contributed by atoms with van der Waals surface area (Å²) in [4.78, 5) is 25.6. The van der Waals surface area contributed by atoms with Crippen LogP contribution in [0.3, 0.4) is 0 Å². The van der Waals surface area contributed by atoms with Gasteiger partial charge >= 0.3 is 11.9 Å². The van der Waals surface area contributed by atoms with Crippen LogP contribution in [0, 0.1) is 0 Å². The van der Waals surface area contributed by atoms with E-state index in [0.29, 0.717) is 11.3 Å². The molecule has 1 aromatic rings. The zero-order valence-corrected chi connectivity index (χ0v) is 12.3. The molecule has 0 radical (unpaired) electrons. The van der Waals surface area contributed by atoms with Gasteiger partial charge in [0.1, 0.15) is 11.0 Å². The highest BCUT2D eigenvalue weighted by Gasteiger charge is 2.35. The highest BCUT2D eigenvalue weighted by molar-refractivity contribution is 7.14. The lowest BCUT2D eigenvalue weighted by Crippen LogP contribution is -2.22. The summed E-state index contributed by atoms with van der Waals surface area (Å²) in [7, 11) is 0. The minimum absolute atomic E-state index is 0.166. The largest absolute Gasteiger partial charge is 0.460 e. The summed E-state index contributed by atoms with van der Waals surface area (Å²) in [6.07, 6.45) is 5.28. The third kappa shape index (κ3) is 2.73. The van der Waals surface area contributed by atoms with E-state index in [0.717, 1.165) is 12.8 Å². The van der Waals surface area contributed by atoms with Gasteiger partial charge in [0.05, 0.1) is 0 Å². The molecule has 0 saturated carbocycles. The van der Waals surface area contributed by atoms with Crippen LogP contribution in [0.5, 0.6) is 0 Å². The van der Waals surface area contributed by atoms with Gasteiger partial charge in [-0.15, -0.1) is 11.3 Å². The molecule has 5 heteroatoms. The second kappa shape index (κ2) is 5.56. The molecule has 108 valence electrons. The lowest BCUT2D eigenvalue weighted by atomic mass is 10.1. The molecule has 0 bridgehead atoms. The Morgan fingerprint density at radius 2 is 2.15 bits per heavy atom. The first kappa shape index (κ1) is 13.6. The normalized spacial score (nSPS) is 25.8. The van der Waals surface area contributed by atoms with Crippen LogP contribution >= 0.6 is 11.3 Å². The van der Waals surface area contributed by atoms with Crippen molar-refractivity contribution in [2.24, 2.45) is 0 Å². The molecule has 4 nitrogen and oxygen atoms in total. The van der Waals surface area contributed by atoms with Crippen molar-refractivity contribution >= 4 is 23.3 Å². The molecule has 2 atom stereocenters. The van der Waals surface area contributed by atoms with Crippen molar-refractivity contribution in [2.45, 2.75) is 57.7 Å². The van der Waals surface area contributed by atoms with Crippen LogP contribution in [0.2, 0.25) is 0 Å². The van der Waals surface area contributed by atoms with Crippen molar-refractivity contribution in [3.8, 4) is 0 Å². The molecule has 2 aliphatic rings. The van der Waals surface area contributed by atoms with Gasteiger partial charge in [-0.05, 0) is 44.2 Å². The lowest BCUT2D eigenvalue weighted by molar-refractivity contribution is -0.147.